The van der Waals surface area contributed by atoms with E-state index in [4.69, 9.17) is 15.0 Å². The molecule has 1 aromatic carbocycles. The monoisotopic (exact) mass is 516 g/mol. The average Bonchev–Trinajstić information content (AvgIpc) is 3.15. The summed E-state index contributed by atoms with van der Waals surface area (Å²) in [6.45, 7) is 0.478. The number of nitrogens with one attached hydrogen (secondary N) is 3. The highest BCUT2D eigenvalue weighted by Crippen LogP contribution is 2.29. The van der Waals surface area contributed by atoms with Gasteiger partial charge in [0, 0.05) is 36.1 Å². The number of carbonyl (C=O) groups is 2. The van der Waals surface area contributed by atoms with Gasteiger partial charge in [0.05, 0.1) is 12.7 Å². The molecule has 0 unspecified atom stereocenters. The van der Waals surface area contributed by atoms with Crippen LogP contribution in [0.3, 0.4) is 0 Å². The number of halogens is 3. The molecule has 5 N–H and O–H groups in total. The molecule has 3 aromatic rings. The molecule has 2 heterocycles. The van der Waals surface area contributed by atoms with E-state index in [0.29, 0.717) is 24.3 Å². The van der Waals surface area contributed by atoms with Gasteiger partial charge in [-0.1, -0.05) is 12.1 Å². The average molecular weight is 516 g/mol. The third-order valence-electron chi connectivity index (χ3n) is 4.34. The summed E-state index contributed by atoms with van der Waals surface area (Å²) >= 11 is 0. The minimum atomic E-state index is -5.08. The number of hydrogen-bond donors (Lipinski definition) is 5. The molecule has 0 aliphatic carbocycles. The number of aliphatic hydroxyl groups excluding tert-OH is 1. The van der Waals surface area contributed by atoms with E-state index < -0.39 is 22.2 Å². The Kier molecular flexibility index (Phi) is 9.19. The highest BCUT2D eigenvalue weighted by Gasteiger charge is 2.38. The van der Waals surface area contributed by atoms with Gasteiger partial charge in [-0.25, -0.2) is 18.2 Å². The lowest BCUT2D eigenvalue weighted by atomic mass is 10.0. The van der Waals surface area contributed by atoms with Gasteiger partial charge in [0.25, 0.3) is 0 Å². The van der Waals surface area contributed by atoms with Gasteiger partial charge in [0.2, 0.25) is 15.9 Å². The Morgan fingerprint density at radius 2 is 1.77 bits per heavy atom. The predicted octanol–water partition coefficient (Wildman–Crippen LogP) is 2.28. The zero-order valence-corrected chi connectivity index (χ0v) is 19.2. The van der Waals surface area contributed by atoms with E-state index in [-0.39, 0.29) is 18.9 Å². The Balaban J connectivity index is 0.000000540. The number of amides is 1. The second-order valence-electron chi connectivity index (χ2n) is 7.27. The summed E-state index contributed by atoms with van der Waals surface area (Å²) in [5.74, 6) is -2.88. The van der Waals surface area contributed by atoms with E-state index in [0.717, 1.165) is 28.5 Å². The van der Waals surface area contributed by atoms with Crippen LogP contribution in [-0.4, -0.2) is 66.1 Å². The van der Waals surface area contributed by atoms with Gasteiger partial charge in [-0.05, 0) is 41.8 Å². The summed E-state index contributed by atoms with van der Waals surface area (Å²) < 4.78 is 56.8. The molecule has 0 saturated heterocycles. The molecule has 0 aliphatic rings. The van der Waals surface area contributed by atoms with Gasteiger partial charge >= 0.3 is 12.1 Å². The molecule has 0 bridgehead atoms. The largest absolute Gasteiger partial charge is 0.490 e. The van der Waals surface area contributed by atoms with Crippen molar-refractivity contribution in [1.29, 1.82) is 0 Å². The first kappa shape index (κ1) is 27.6. The van der Waals surface area contributed by atoms with Gasteiger partial charge in [-0.15, -0.1) is 0 Å². The molecule has 10 nitrogen and oxygen atoms in total. The maximum absolute atomic E-state index is 12.0. The number of nitrogens with zero attached hydrogens (tertiary/aromatic N) is 1. The zero-order chi connectivity index (χ0) is 26.2. The van der Waals surface area contributed by atoms with E-state index in [9.17, 15) is 26.4 Å². The molecule has 14 heteroatoms. The fraction of sp³-hybridized carbons (Fsp3) is 0.286. The number of alkyl halides is 3. The third-order valence-corrected chi connectivity index (χ3v) is 4.94. The van der Waals surface area contributed by atoms with E-state index >= 15 is 0 Å². The Bertz CT molecular complexity index is 1270. The van der Waals surface area contributed by atoms with Crippen molar-refractivity contribution in [1.82, 2.24) is 15.3 Å². The molecular formula is C21H23F3N4O6S. The van der Waals surface area contributed by atoms with E-state index in [1.807, 2.05) is 24.3 Å². The molecule has 0 atom stereocenters. The summed E-state index contributed by atoms with van der Waals surface area (Å²) in [5.41, 5.74) is 3.75. The number of fused-ring (bicyclic) bond motifs is 1. The predicted molar refractivity (Wildman–Crippen MR) is 122 cm³/mol. The highest BCUT2D eigenvalue weighted by atomic mass is 32.2. The zero-order valence-electron chi connectivity index (χ0n) is 18.4. The standard InChI is InChI=1S/C19H22N4O4S.C2HF3O2/c1-28(26,27)23-14-5-3-13(4-6-14)16-7-9-21-19-17(16)11-15(22-19)12-18(25)20-8-2-10-24;3-2(4,5)1(6)7/h3-7,9,11,23-24H,2,8,10,12H2,1H3,(H,20,25)(H,21,22);(H,6,7). The number of carboxylic acid groups (broad SMARTS) is 1. The van der Waals surface area contributed by atoms with Crippen LogP contribution in [0.15, 0.2) is 42.6 Å². The number of rotatable bonds is 8. The van der Waals surface area contributed by atoms with Crippen LogP contribution in [-0.2, 0) is 26.0 Å². The summed E-state index contributed by atoms with van der Waals surface area (Å²) in [6.07, 6.45) is -1.58. The van der Waals surface area contributed by atoms with E-state index in [2.05, 4.69) is 20.0 Å². The molecule has 35 heavy (non-hydrogen) atoms. The van der Waals surface area contributed by atoms with Crippen molar-refractivity contribution in [3.8, 4) is 11.1 Å². The Hall–Kier alpha value is -3.65. The first-order chi connectivity index (χ1) is 16.3. The number of aromatic nitrogens is 2. The number of carbonyl (C=O) groups excluding carboxylic acids is 1. The fourth-order valence-corrected chi connectivity index (χ4v) is 3.47. The summed E-state index contributed by atoms with van der Waals surface area (Å²) in [5, 5.41) is 19.5. The number of hydrogen-bond acceptors (Lipinski definition) is 6. The third kappa shape index (κ3) is 8.90. The minimum absolute atomic E-state index is 0.0401. The maximum atomic E-state index is 12.0. The van der Waals surface area contributed by atoms with Crippen LogP contribution in [0.5, 0.6) is 0 Å². The van der Waals surface area contributed by atoms with Gasteiger partial charge in [0.1, 0.15) is 5.65 Å². The molecule has 2 aromatic heterocycles. The van der Waals surface area contributed by atoms with Gasteiger partial charge in [-0.2, -0.15) is 13.2 Å². The van der Waals surface area contributed by atoms with Crippen LogP contribution in [0.4, 0.5) is 18.9 Å². The number of H-pyrrole nitrogens is 1. The molecule has 1 amide bonds. The molecule has 0 saturated carbocycles. The number of aromatic amines is 1. The SMILES string of the molecule is CS(=O)(=O)Nc1ccc(-c2ccnc3[nH]c(CC(=O)NCCCO)cc23)cc1.O=C(O)C(F)(F)F. The number of pyridine rings is 1. The Morgan fingerprint density at radius 3 is 2.31 bits per heavy atom. The van der Waals surface area contributed by atoms with Gasteiger partial charge in [-0.3, -0.25) is 9.52 Å². The van der Waals surface area contributed by atoms with Crippen LogP contribution in [0.1, 0.15) is 12.1 Å². The molecule has 0 fully saturated rings. The number of benzene rings is 1. The van der Waals surface area contributed by atoms with Crippen molar-refractivity contribution in [2.75, 3.05) is 24.1 Å². The van der Waals surface area contributed by atoms with E-state index in [1.165, 1.54) is 0 Å². The number of aliphatic carboxylic acids is 1. The van der Waals surface area contributed by atoms with Crippen molar-refractivity contribution < 1.29 is 41.4 Å². The highest BCUT2D eigenvalue weighted by molar-refractivity contribution is 7.92. The van der Waals surface area contributed by atoms with Crippen LogP contribution >= 0.6 is 0 Å². The fourth-order valence-electron chi connectivity index (χ4n) is 2.90. The molecule has 0 spiro atoms. The van der Waals surface area contributed by atoms with Crippen molar-refractivity contribution in [2.45, 2.75) is 19.0 Å². The minimum Gasteiger partial charge on any atom is -0.475 e. The van der Waals surface area contributed by atoms with Crippen LogP contribution in [0.2, 0.25) is 0 Å². The summed E-state index contributed by atoms with van der Waals surface area (Å²) in [4.78, 5) is 28.4. The Labute approximate surface area is 198 Å². The van der Waals surface area contributed by atoms with E-state index in [1.54, 1.807) is 18.3 Å². The lowest BCUT2D eigenvalue weighted by Crippen LogP contribution is -2.26. The quantitative estimate of drug-likeness (QED) is 0.287. The van der Waals surface area contributed by atoms with Gasteiger partial charge < -0.3 is 20.5 Å². The first-order valence-electron chi connectivity index (χ1n) is 10.0. The Morgan fingerprint density at radius 1 is 1.14 bits per heavy atom. The molecule has 0 aliphatic heterocycles. The number of sulfonamides is 1. The number of anilines is 1. The molecular weight excluding hydrogens is 493 g/mol. The smallest absolute Gasteiger partial charge is 0.475 e. The van der Waals surface area contributed by atoms with Crippen molar-refractivity contribution in [3.63, 3.8) is 0 Å². The van der Waals surface area contributed by atoms with Crippen LogP contribution in [0.25, 0.3) is 22.2 Å². The topological polar surface area (TPSA) is 161 Å². The van der Waals surface area contributed by atoms with Gasteiger partial charge in [0.15, 0.2) is 0 Å². The second kappa shape index (κ2) is 11.7. The summed E-state index contributed by atoms with van der Waals surface area (Å²) in [6, 6.07) is 10.8. The van der Waals surface area contributed by atoms with Crippen molar-refractivity contribution in [3.05, 3.63) is 48.3 Å². The number of aliphatic hydroxyl groups is 1. The first-order valence-corrected chi connectivity index (χ1v) is 11.9. The normalized spacial score (nSPS) is 11.5. The molecule has 0 radical (unpaired) electrons. The second-order valence-corrected chi connectivity index (χ2v) is 9.02. The lowest BCUT2D eigenvalue weighted by molar-refractivity contribution is -0.192. The van der Waals surface area contributed by atoms with Crippen LogP contribution < -0.4 is 10.0 Å². The van der Waals surface area contributed by atoms with Crippen molar-refractivity contribution >= 4 is 38.6 Å². The van der Waals surface area contributed by atoms with Crippen molar-refractivity contribution in [2.24, 2.45) is 0 Å². The number of carboxylic acids is 1. The molecule has 3 rings (SSSR count). The lowest BCUT2D eigenvalue weighted by Gasteiger charge is -2.06. The van der Waals surface area contributed by atoms with Crippen LogP contribution in [0, 0.1) is 0 Å². The molecule has 190 valence electrons. The maximum Gasteiger partial charge on any atom is 0.490 e. The summed E-state index contributed by atoms with van der Waals surface area (Å²) in [7, 11) is -3.32.